The van der Waals surface area contributed by atoms with Crippen LogP contribution in [-0.4, -0.2) is 12.0 Å². The normalized spacial score (nSPS) is 10.0. The van der Waals surface area contributed by atoms with Gasteiger partial charge in [0.1, 0.15) is 24.0 Å². The maximum atomic E-state index is 12.9. The lowest BCUT2D eigenvalue weighted by Gasteiger charge is -2.06. The summed E-state index contributed by atoms with van der Waals surface area (Å²) in [5, 5.41) is 2.95. The van der Waals surface area contributed by atoms with Crippen molar-refractivity contribution in [2.75, 3.05) is 12.4 Å². The number of nitrogens with one attached hydrogen (secondary N) is 1. The Morgan fingerprint density at radius 2 is 2.06 bits per heavy atom. The van der Waals surface area contributed by atoms with E-state index in [9.17, 15) is 4.39 Å². The second-order valence-electron chi connectivity index (χ2n) is 3.51. The third-order valence-corrected chi connectivity index (χ3v) is 2.25. The van der Waals surface area contributed by atoms with Crippen LogP contribution in [-0.2, 0) is 6.61 Å². The number of anilines is 1. The van der Waals surface area contributed by atoms with Crippen LogP contribution in [0.2, 0.25) is 0 Å². The number of hydrogen-bond acceptors (Lipinski definition) is 3. The minimum atomic E-state index is -0.306. The van der Waals surface area contributed by atoms with Crippen molar-refractivity contribution in [2.24, 2.45) is 0 Å². The molecule has 0 radical (unpaired) electrons. The van der Waals surface area contributed by atoms with Gasteiger partial charge >= 0.3 is 0 Å². The van der Waals surface area contributed by atoms with Gasteiger partial charge in [-0.15, -0.1) is 0 Å². The molecule has 0 aliphatic carbocycles. The highest BCUT2D eigenvalue weighted by atomic mass is 19.1. The molecule has 0 fully saturated rings. The zero-order valence-electron chi connectivity index (χ0n) is 9.48. The van der Waals surface area contributed by atoms with E-state index < -0.39 is 0 Å². The highest BCUT2D eigenvalue weighted by Gasteiger charge is 1.99. The molecule has 0 bridgehead atoms. The summed E-state index contributed by atoms with van der Waals surface area (Å²) in [7, 11) is 1.81. The summed E-state index contributed by atoms with van der Waals surface area (Å²) in [6.07, 6.45) is 0. The highest BCUT2D eigenvalue weighted by Crippen LogP contribution is 2.14. The van der Waals surface area contributed by atoms with Gasteiger partial charge in [-0.2, -0.15) is 0 Å². The molecule has 0 amide bonds. The third kappa shape index (κ3) is 3.17. The van der Waals surface area contributed by atoms with Crippen LogP contribution < -0.4 is 10.1 Å². The van der Waals surface area contributed by atoms with Crippen molar-refractivity contribution >= 4 is 5.82 Å². The molecule has 0 atom stereocenters. The van der Waals surface area contributed by atoms with Gasteiger partial charge in [0.15, 0.2) is 0 Å². The van der Waals surface area contributed by atoms with E-state index in [0.29, 0.717) is 12.4 Å². The van der Waals surface area contributed by atoms with Gasteiger partial charge in [-0.1, -0.05) is 12.1 Å². The summed E-state index contributed by atoms with van der Waals surface area (Å²) >= 11 is 0. The van der Waals surface area contributed by atoms with E-state index in [1.807, 2.05) is 18.2 Å². The van der Waals surface area contributed by atoms with Gasteiger partial charge in [-0.25, -0.2) is 9.37 Å². The van der Waals surface area contributed by atoms with Crippen LogP contribution in [0.25, 0.3) is 0 Å². The number of ether oxygens (including phenoxy) is 1. The van der Waals surface area contributed by atoms with Crippen LogP contribution >= 0.6 is 0 Å². The van der Waals surface area contributed by atoms with Crippen molar-refractivity contribution < 1.29 is 9.13 Å². The zero-order valence-corrected chi connectivity index (χ0v) is 9.48. The zero-order chi connectivity index (χ0) is 12.1. The molecular weight excluding hydrogens is 219 g/mol. The first kappa shape index (κ1) is 11.4. The summed E-state index contributed by atoms with van der Waals surface area (Å²) < 4.78 is 18.3. The molecule has 4 heteroatoms. The Balaban J connectivity index is 2.02. The van der Waals surface area contributed by atoms with Crippen molar-refractivity contribution in [1.29, 1.82) is 0 Å². The molecule has 0 aliphatic rings. The Bertz CT molecular complexity index is 502. The van der Waals surface area contributed by atoms with Crippen molar-refractivity contribution in [3.8, 4) is 5.75 Å². The topological polar surface area (TPSA) is 34.1 Å². The predicted octanol–water partition coefficient (Wildman–Crippen LogP) is 2.84. The van der Waals surface area contributed by atoms with Crippen LogP contribution in [0, 0.1) is 5.82 Å². The Kier molecular flexibility index (Phi) is 3.55. The number of rotatable bonds is 4. The van der Waals surface area contributed by atoms with E-state index in [1.165, 1.54) is 12.1 Å². The Morgan fingerprint density at radius 3 is 2.82 bits per heavy atom. The smallest absolute Gasteiger partial charge is 0.130 e. The first-order valence-corrected chi connectivity index (χ1v) is 5.30. The monoisotopic (exact) mass is 232 g/mol. The Hall–Kier alpha value is -2.10. The van der Waals surface area contributed by atoms with Crippen molar-refractivity contribution in [3.63, 3.8) is 0 Å². The van der Waals surface area contributed by atoms with Crippen LogP contribution in [0.1, 0.15) is 5.69 Å². The van der Waals surface area contributed by atoms with E-state index in [2.05, 4.69) is 10.3 Å². The summed E-state index contributed by atoms with van der Waals surface area (Å²) in [6, 6.07) is 11.7. The minimum absolute atomic E-state index is 0.306. The van der Waals surface area contributed by atoms with Gasteiger partial charge in [0.2, 0.25) is 0 Å². The molecule has 1 aromatic carbocycles. The van der Waals surface area contributed by atoms with E-state index in [4.69, 9.17) is 4.74 Å². The van der Waals surface area contributed by atoms with Gasteiger partial charge in [-0.3, -0.25) is 0 Å². The molecule has 1 aromatic heterocycles. The van der Waals surface area contributed by atoms with Crippen LogP contribution in [0.3, 0.4) is 0 Å². The van der Waals surface area contributed by atoms with Crippen LogP contribution in [0.15, 0.2) is 42.5 Å². The summed E-state index contributed by atoms with van der Waals surface area (Å²) in [5.74, 6) is 0.978. The molecule has 3 nitrogen and oxygen atoms in total. The highest BCUT2D eigenvalue weighted by molar-refractivity contribution is 5.34. The lowest BCUT2D eigenvalue weighted by Crippen LogP contribution is -2.00. The van der Waals surface area contributed by atoms with Crippen molar-refractivity contribution in [3.05, 3.63) is 54.0 Å². The summed E-state index contributed by atoms with van der Waals surface area (Å²) in [6.45, 7) is 0.318. The van der Waals surface area contributed by atoms with Crippen molar-refractivity contribution in [2.45, 2.75) is 6.61 Å². The minimum Gasteiger partial charge on any atom is -0.487 e. The van der Waals surface area contributed by atoms with E-state index in [-0.39, 0.29) is 5.82 Å². The molecule has 1 N–H and O–H groups in total. The lowest BCUT2D eigenvalue weighted by molar-refractivity contribution is 0.300. The van der Waals surface area contributed by atoms with Crippen LogP contribution in [0.4, 0.5) is 10.2 Å². The fourth-order valence-electron chi connectivity index (χ4n) is 1.41. The number of nitrogens with zero attached hydrogens (tertiary/aromatic N) is 1. The number of benzene rings is 1. The molecule has 0 saturated heterocycles. The number of pyridine rings is 1. The second kappa shape index (κ2) is 5.30. The van der Waals surface area contributed by atoms with Gasteiger partial charge in [-0.05, 0) is 24.3 Å². The maximum absolute atomic E-state index is 12.9. The Labute approximate surface area is 99.3 Å². The molecule has 2 aromatic rings. The molecular formula is C13H13FN2O. The summed E-state index contributed by atoms with van der Waals surface area (Å²) in [5.41, 5.74) is 0.793. The maximum Gasteiger partial charge on any atom is 0.130 e. The molecule has 0 saturated carbocycles. The molecule has 0 unspecified atom stereocenters. The van der Waals surface area contributed by atoms with Crippen molar-refractivity contribution in [1.82, 2.24) is 4.98 Å². The third-order valence-electron chi connectivity index (χ3n) is 2.25. The van der Waals surface area contributed by atoms with E-state index >= 15 is 0 Å². The molecule has 0 spiro atoms. The quantitative estimate of drug-likeness (QED) is 0.880. The number of halogens is 1. The molecule has 2 rings (SSSR count). The predicted molar refractivity (Wildman–Crippen MR) is 64.5 cm³/mol. The SMILES string of the molecule is CNc1cccc(COc2cccc(F)c2)n1. The van der Waals surface area contributed by atoms with E-state index in [1.54, 1.807) is 19.2 Å². The van der Waals surface area contributed by atoms with Crippen LogP contribution in [0.5, 0.6) is 5.75 Å². The van der Waals surface area contributed by atoms with Gasteiger partial charge in [0.25, 0.3) is 0 Å². The van der Waals surface area contributed by atoms with E-state index in [0.717, 1.165) is 11.5 Å². The first-order valence-electron chi connectivity index (χ1n) is 5.30. The van der Waals surface area contributed by atoms with Gasteiger partial charge in [0.05, 0.1) is 5.69 Å². The molecule has 0 aliphatic heterocycles. The average molecular weight is 232 g/mol. The molecule has 1 heterocycles. The fourth-order valence-corrected chi connectivity index (χ4v) is 1.41. The lowest BCUT2D eigenvalue weighted by atomic mass is 10.3. The largest absolute Gasteiger partial charge is 0.487 e. The average Bonchev–Trinajstić information content (AvgIpc) is 2.37. The Morgan fingerprint density at radius 1 is 1.24 bits per heavy atom. The fraction of sp³-hybridized carbons (Fsp3) is 0.154. The second-order valence-corrected chi connectivity index (χ2v) is 3.51. The number of aromatic nitrogens is 1. The number of hydrogen-bond donors (Lipinski definition) is 1. The first-order chi connectivity index (χ1) is 8.28. The van der Waals surface area contributed by atoms with Gasteiger partial charge < -0.3 is 10.1 Å². The molecule has 88 valence electrons. The summed E-state index contributed by atoms with van der Waals surface area (Å²) in [4.78, 5) is 4.30. The standard InChI is InChI=1S/C13H13FN2O/c1-15-13-7-3-5-11(16-13)9-17-12-6-2-4-10(14)8-12/h2-8H,9H2,1H3,(H,15,16). The van der Waals surface area contributed by atoms with Gasteiger partial charge in [0, 0.05) is 13.1 Å². The molecule has 17 heavy (non-hydrogen) atoms.